The van der Waals surface area contributed by atoms with Crippen LogP contribution in [0.4, 0.5) is 0 Å². The van der Waals surface area contributed by atoms with Gasteiger partial charge < -0.3 is 0 Å². The third-order valence-corrected chi connectivity index (χ3v) is 5.33. The molecule has 1 aromatic rings. The molecule has 19 heavy (non-hydrogen) atoms. The fourth-order valence-corrected chi connectivity index (χ4v) is 4.34. The highest BCUT2D eigenvalue weighted by molar-refractivity contribution is 5.80. The lowest BCUT2D eigenvalue weighted by molar-refractivity contribution is -0.127. The number of carbonyl (C=O) groups is 1. The van der Waals surface area contributed by atoms with Crippen molar-refractivity contribution >= 4 is 5.78 Å². The number of benzene rings is 1. The summed E-state index contributed by atoms with van der Waals surface area (Å²) in [7, 11) is 0. The van der Waals surface area contributed by atoms with Gasteiger partial charge in [-0.25, -0.2) is 0 Å². The summed E-state index contributed by atoms with van der Waals surface area (Å²) in [6.45, 7) is 1.18. The van der Waals surface area contributed by atoms with Crippen LogP contribution in [0.3, 0.4) is 0 Å². The van der Waals surface area contributed by atoms with E-state index in [2.05, 4.69) is 29.2 Å². The highest BCUT2D eigenvalue weighted by Crippen LogP contribution is 2.39. The Morgan fingerprint density at radius 2 is 1.79 bits per heavy atom. The normalized spacial score (nSPS) is 33.7. The molecule has 0 amide bonds. The molecular weight excluding hydrogens is 234 g/mol. The van der Waals surface area contributed by atoms with Gasteiger partial charge in [-0.2, -0.15) is 0 Å². The third kappa shape index (κ3) is 1.93. The molecule has 2 heteroatoms. The van der Waals surface area contributed by atoms with Crippen LogP contribution in [0.1, 0.15) is 49.1 Å². The molecule has 0 spiro atoms. The second kappa shape index (κ2) is 4.45. The van der Waals surface area contributed by atoms with Crippen molar-refractivity contribution in [3.63, 3.8) is 0 Å². The second-order valence-electron chi connectivity index (χ2n) is 6.48. The van der Waals surface area contributed by atoms with E-state index >= 15 is 0 Å². The molecule has 0 aromatic heterocycles. The molecule has 0 N–H and O–H groups in total. The summed E-state index contributed by atoms with van der Waals surface area (Å²) in [5.41, 5.74) is 3.09. The van der Waals surface area contributed by atoms with E-state index in [0.29, 0.717) is 23.8 Å². The van der Waals surface area contributed by atoms with E-state index in [1.807, 2.05) is 0 Å². The highest BCUT2D eigenvalue weighted by Gasteiger charge is 2.39. The number of carbonyl (C=O) groups excluding carboxylic acids is 1. The molecule has 3 aliphatic rings. The Morgan fingerprint density at radius 3 is 2.53 bits per heavy atom. The minimum absolute atomic E-state index is 0.500. The molecule has 2 fully saturated rings. The minimum Gasteiger partial charge on any atom is -0.300 e. The van der Waals surface area contributed by atoms with Crippen molar-refractivity contribution in [3.05, 3.63) is 35.4 Å². The van der Waals surface area contributed by atoms with Crippen LogP contribution in [0.15, 0.2) is 24.3 Å². The zero-order valence-corrected chi connectivity index (χ0v) is 11.3. The van der Waals surface area contributed by atoms with Gasteiger partial charge in [0.2, 0.25) is 0 Å². The fraction of sp³-hybridized carbons (Fsp3) is 0.588. The molecule has 100 valence electrons. The Morgan fingerprint density at radius 1 is 1.05 bits per heavy atom. The van der Waals surface area contributed by atoms with Gasteiger partial charge in [0.05, 0.1) is 0 Å². The van der Waals surface area contributed by atoms with Crippen LogP contribution < -0.4 is 0 Å². The number of Topliss-reactive ketones (excluding diaryl/α,β-unsaturated/α-hetero) is 1. The molecule has 3 atom stereocenters. The Balaban J connectivity index is 1.50. The van der Waals surface area contributed by atoms with Crippen molar-refractivity contribution in [2.24, 2.45) is 0 Å². The van der Waals surface area contributed by atoms with Gasteiger partial charge in [0.15, 0.2) is 0 Å². The first kappa shape index (κ1) is 11.7. The van der Waals surface area contributed by atoms with Crippen LogP contribution in [0, 0.1) is 0 Å². The smallest absolute Gasteiger partial charge is 0.136 e. The van der Waals surface area contributed by atoms with Crippen molar-refractivity contribution < 1.29 is 4.79 Å². The molecule has 2 bridgehead atoms. The first-order valence-electron chi connectivity index (χ1n) is 7.66. The summed E-state index contributed by atoms with van der Waals surface area (Å²) in [5, 5.41) is 0. The molecule has 1 aromatic carbocycles. The van der Waals surface area contributed by atoms with Gasteiger partial charge in [0.25, 0.3) is 0 Å². The average Bonchev–Trinajstić information content (AvgIpc) is 2.36. The van der Waals surface area contributed by atoms with Crippen LogP contribution >= 0.6 is 0 Å². The van der Waals surface area contributed by atoms with Gasteiger partial charge in [-0.05, 0) is 30.4 Å². The zero-order valence-electron chi connectivity index (χ0n) is 11.3. The Kier molecular flexibility index (Phi) is 2.73. The standard InChI is InChI=1S/C17H21NO/c19-16-9-14-5-3-6-15(10-16)18(14)11-13-8-12-4-1-2-7-17(12)13/h1-2,4,7,13-15H,3,5-6,8-11H2. The molecule has 0 saturated carbocycles. The average molecular weight is 255 g/mol. The lowest BCUT2D eigenvalue weighted by atomic mass is 9.75. The number of rotatable bonds is 2. The van der Waals surface area contributed by atoms with Crippen LogP contribution in [0.2, 0.25) is 0 Å². The molecule has 1 aliphatic carbocycles. The van der Waals surface area contributed by atoms with Crippen LogP contribution in [0.25, 0.3) is 0 Å². The summed E-state index contributed by atoms with van der Waals surface area (Å²) >= 11 is 0. The summed E-state index contributed by atoms with van der Waals surface area (Å²) in [6.07, 6.45) is 6.64. The zero-order chi connectivity index (χ0) is 12.8. The number of piperidine rings is 2. The number of nitrogens with zero attached hydrogens (tertiary/aromatic N) is 1. The Bertz CT molecular complexity index is 494. The molecule has 0 radical (unpaired) electrons. The number of hydrogen-bond acceptors (Lipinski definition) is 2. The molecule has 3 unspecified atom stereocenters. The maximum Gasteiger partial charge on any atom is 0.136 e. The molecular formula is C17H21NO. The lowest BCUT2D eigenvalue weighted by Gasteiger charge is -2.48. The van der Waals surface area contributed by atoms with E-state index in [4.69, 9.17) is 0 Å². The lowest BCUT2D eigenvalue weighted by Crippen LogP contribution is -2.54. The van der Waals surface area contributed by atoms with E-state index in [-0.39, 0.29) is 0 Å². The molecule has 2 nitrogen and oxygen atoms in total. The summed E-state index contributed by atoms with van der Waals surface area (Å²) in [4.78, 5) is 14.4. The van der Waals surface area contributed by atoms with Crippen molar-refractivity contribution in [1.82, 2.24) is 4.90 Å². The van der Waals surface area contributed by atoms with Gasteiger partial charge in [0, 0.05) is 37.4 Å². The maximum absolute atomic E-state index is 11.8. The number of hydrogen-bond donors (Lipinski definition) is 0. The molecule has 2 aliphatic heterocycles. The van der Waals surface area contributed by atoms with Crippen molar-refractivity contribution in [2.45, 2.75) is 56.5 Å². The van der Waals surface area contributed by atoms with Gasteiger partial charge >= 0.3 is 0 Å². The monoisotopic (exact) mass is 255 g/mol. The Labute approximate surface area is 114 Å². The quantitative estimate of drug-likeness (QED) is 0.810. The molecule has 4 rings (SSSR count). The topological polar surface area (TPSA) is 20.3 Å². The number of ketones is 1. The van der Waals surface area contributed by atoms with Crippen molar-refractivity contribution in [2.75, 3.05) is 6.54 Å². The van der Waals surface area contributed by atoms with Gasteiger partial charge in [-0.1, -0.05) is 30.7 Å². The van der Waals surface area contributed by atoms with Crippen molar-refractivity contribution in [1.29, 1.82) is 0 Å². The third-order valence-electron chi connectivity index (χ3n) is 5.33. The first-order chi connectivity index (χ1) is 9.31. The summed E-state index contributed by atoms with van der Waals surface area (Å²) in [5.74, 6) is 1.22. The van der Waals surface area contributed by atoms with Gasteiger partial charge in [-0.3, -0.25) is 9.69 Å². The largest absolute Gasteiger partial charge is 0.300 e. The van der Waals surface area contributed by atoms with Crippen LogP contribution in [-0.4, -0.2) is 29.3 Å². The van der Waals surface area contributed by atoms with Crippen LogP contribution in [0.5, 0.6) is 0 Å². The van der Waals surface area contributed by atoms with E-state index in [9.17, 15) is 4.79 Å². The van der Waals surface area contributed by atoms with E-state index in [1.165, 1.54) is 37.8 Å². The Hall–Kier alpha value is -1.15. The SMILES string of the molecule is O=C1CC2CCCC(C1)N2CC1Cc2ccccc21. The maximum atomic E-state index is 11.8. The van der Waals surface area contributed by atoms with E-state index in [0.717, 1.165) is 12.8 Å². The first-order valence-corrected chi connectivity index (χ1v) is 7.66. The van der Waals surface area contributed by atoms with Gasteiger partial charge in [0.1, 0.15) is 5.78 Å². The van der Waals surface area contributed by atoms with E-state index < -0.39 is 0 Å². The second-order valence-corrected chi connectivity index (χ2v) is 6.48. The summed E-state index contributed by atoms with van der Waals surface area (Å²) < 4.78 is 0. The highest BCUT2D eigenvalue weighted by atomic mass is 16.1. The van der Waals surface area contributed by atoms with Gasteiger partial charge in [-0.15, -0.1) is 0 Å². The predicted molar refractivity (Wildman–Crippen MR) is 75.3 cm³/mol. The van der Waals surface area contributed by atoms with Crippen LogP contribution in [-0.2, 0) is 11.2 Å². The predicted octanol–water partition coefficient (Wildman–Crippen LogP) is 2.91. The summed E-state index contributed by atoms with van der Waals surface area (Å²) in [6, 6.07) is 9.94. The molecule has 2 saturated heterocycles. The fourth-order valence-electron chi connectivity index (χ4n) is 4.34. The molecule has 2 heterocycles. The minimum atomic E-state index is 0.500. The van der Waals surface area contributed by atoms with Crippen molar-refractivity contribution in [3.8, 4) is 0 Å². The number of fused-ring (bicyclic) bond motifs is 3. The van der Waals surface area contributed by atoms with E-state index in [1.54, 1.807) is 5.56 Å².